The fourth-order valence-corrected chi connectivity index (χ4v) is 5.36. The van der Waals surface area contributed by atoms with Crippen molar-refractivity contribution in [1.29, 1.82) is 0 Å². The number of carboxylic acids is 1. The van der Waals surface area contributed by atoms with E-state index in [0.29, 0.717) is 6.54 Å². The van der Waals surface area contributed by atoms with Gasteiger partial charge in [0.2, 0.25) is 0 Å². The maximum absolute atomic E-state index is 14.2. The average Bonchev–Trinajstić information content (AvgIpc) is 3.09. The van der Waals surface area contributed by atoms with Crippen molar-refractivity contribution in [3.8, 4) is 11.1 Å². The van der Waals surface area contributed by atoms with Crippen LogP contribution in [0.1, 0.15) is 51.3 Å². The second-order valence-corrected chi connectivity index (χ2v) is 10.6. The van der Waals surface area contributed by atoms with E-state index in [1.54, 1.807) is 12.3 Å². The Morgan fingerprint density at radius 1 is 1.29 bits per heavy atom. The molecule has 0 saturated carbocycles. The van der Waals surface area contributed by atoms with Crippen molar-refractivity contribution in [3.63, 3.8) is 0 Å². The standard InChI is InChI=1S/C27H31FN4O2/c1-27(2,3)24(26(33)34)30-17-8-5-15(6-9-17)23-20-14-32(4)21-10-7-16(28)13-19(21)18-11-12-29-25(31-23)22(18)20/h5,7,10-13,17,24,30H,6,8-9,14H2,1-4H3,(H,29,31)(H,33,34)/t17?,24-/m1/s1. The van der Waals surface area contributed by atoms with Gasteiger partial charge in [-0.05, 0) is 60.1 Å². The number of pyridine rings is 1. The predicted octanol–water partition coefficient (Wildman–Crippen LogP) is 5.34. The van der Waals surface area contributed by atoms with Crippen molar-refractivity contribution in [2.45, 2.75) is 58.7 Å². The first kappa shape index (κ1) is 22.6. The first-order chi connectivity index (χ1) is 16.1. The summed E-state index contributed by atoms with van der Waals surface area (Å²) < 4.78 is 14.2. The van der Waals surface area contributed by atoms with Crippen molar-refractivity contribution in [2.75, 3.05) is 11.9 Å². The minimum Gasteiger partial charge on any atom is -0.480 e. The summed E-state index contributed by atoms with van der Waals surface area (Å²) in [6, 6.07) is 6.45. The van der Waals surface area contributed by atoms with Crippen LogP contribution in [0.3, 0.4) is 0 Å². The molecule has 0 spiro atoms. The molecule has 2 atom stereocenters. The van der Waals surface area contributed by atoms with E-state index >= 15 is 0 Å². The van der Waals surface area contributed by atoms with Crippen molar-refractivity contribution < 1.29 is 14.3 Å². The van der Waals surface area contributed by atoms with Gasteiger partial charge in [0, 0.05) is 53.7 Å². The number of hydrogen-bond donors (Lipinski definition) is 3. The van der Waals surface area contributed by atoms with Gasteiger partial charge in [-0.3, -0.25) is 4.79 Å². The number of carbonyl (C=O) groups is 1. The third kappa shape index (κ3) is 3.88. The third-order valence-corrected chi connectivity index (χ3v) is 7.10. The molecule has 1 aliphatic heterocycles. The van der Waals surface area contributed by atoms with Crippen LogP contribution in [-0.2, 0) is 11.3 Å². The Labute approximate surface area is 198 Å². The van der Waals surface area contributed by atoms with Crippen LogP contribution in [0.2, 0.25) is 0 Å². The minimum absolute atomic E-state index is 0.121. The lowest BCUT2D eigenvalue weighted by Crippen LogP contribution is -2.51. The summed E-state index contributed by atoms with van der Waals surface area (Å²) in [4.78, 5) is 22.1. The number of carboxylic acid groups (broad SMARTS) is 1. The molecule has 3 N–H and O–H groups in total. The number of aliphatic carboxylic acids is 1. The number of aromatic amines is 1. The minimum atomic E-state index is -0.809. The highest BCUT2D eigenvalue weighted by Crippen LogP contribution is 2.43. The molecule has 2 aliphatic rings. The smallest absolute Gasteiger partial charge is 0.321 e. The fourth-order valence-electron chi connectivity index (χ4n) is 5.36. The molecule has 3 aromatic rings. The van der Waals surface area contributed by atoms with Crippen molar-refractivity contribution in [3.05, 3.63) is 53.6 Å². The van der Waals surface area contributed by atoms with E-state index in [1.807, 2.05) is 40.0 Å². The van der Waals surface area contributed by atoms with Crippen LogP contribution in [0, 0.1) is 11.2 Å². The van der Waals surface area contributed by atoms with Gasteiger partial charge in [0.1, 0.15) is 17.5 Å². The number of H-pyrrole nitrogens is 1. The predicted molar refractivity (Wildman–Crippen MR) is 133 cm³/mol. The first-order valence-electron chi connectivity index (χ1n) is 11.8. The molecule has 6 nitrogen and oxygen atoms in total. The van der Waals surface area contributed by atoms with Gasteiger partial charge in [0.25, 0.3) is 0 Å². The monoisotopic (exact) mass is 462 g/mol. The molecule has 7 heteroatoms. The van der Waals surface area contributed by atoms with Gasteiger partial charge < -0.3 is 20.3 Å². The van der Waals surface area contributed by atoms with Crippen molar-refractivity contribution >= 4 is 28.3 Å². The first-order valence-corrected chi connectivity index (χ1v) is 11.8. The van der Waals surface area contributed by atoms with Crippen molar-refractivity contribution in [1.82, 2.24) is 15.3 Å². The molecule has 1 aliphatic carbocycles. The number of nitrogens with one attached hydrogen (secondary N) is 2. The molecule has 5 rings (SSSR count). The van der Waals surface area contributed by atoms with Gasteiger partial charge in [0.15, 0.2) is 0 Å². The van der Waals surface area contributed by atoms with E-state index in [1.165, 1.54) is 17.2 Å². The van der Waals surface area contributed by atoms with Crippen LogP contribution < -0.4 is 10.2 Å². The summed E-state index contributed by atoms with van der Waals surface area (Å²) in [6.45, 7) is 6.54. The van der Waals surface area contributed by atoms with Gasteiger partial charge in [0.05, 0.1) is 0 Å². The number of anilines is 1. The molecular formula is C27H31FN4O2. The van der Waals surface area contributed by atoms with Gasteiger partial charge in [-0.2, -0.15) is 0 Å². The van der Waals surface area contributed by atoms with E-state index < -0.39 is 12.0 Å². The second-order valence-electron chi connectivity index (χ2n) is 10.6. The number of nitrogens with zero attached hydrogens (tertiary/aromatic N) is 2. The molecule has 0 amide bonds. The van der Waals surface area contributed by atoms with Crippen LogP contribution >= 0.6 is 0 Å². The number of allylic oxidation sites excluding steroid dienone is 1. The van der Waals surface area contributed by atoms with Crippen LogP contribution in [0.4, 0.5) is 10.1 Å². The summed E-state index contributed by atoms with van der Waals surface area (Å²) in [6.07, 6.45) is 6.47. The van der Waals surface area contributed by atoms with Gasteiger partial charge in [-0.1, -0.05) is 26.8 Å². The quantitative estimate of drug-likeness (QED) is 0.487. The Morgan fingerprint density at radius 2 is 2.09 bits per heavy atom. The Hall–Kier alpha value is -3.19. The topological polar surface area (TPSA) is 81.3 Å². The molecule has 2 aromatic heterocycles. The van der Waals surface area contributed by atoms with Gasteiger partial charge >= 0.3 is 5.97 Å². The normalized spacial score (nSPS) is 18.9. The molecule has 3 heterocycles. The molecule has 0 bridgehead atoms. The highest BCUT2D eigenvalue weighted by atomic mass is 19.1. The lowest BCUT2D eigenvalue weighted by Gasteiger charge is -2.33. The number of benzene rings is 1. The lowest BCUT2D eigenvalue weighted by molar-refractivity contribution is -0.142. The van der Waals surface area contributed by atoms with Crippen LogP contribution in [-0.4, -0.2) is 40.2 Å². The molecule has 0 saturated heterocycles. The third-order valence-electron chi connectivity index (χ3n) is 7.10. The molecular weight excluding hydrogens is 431 g/mol. The number of aromatic nitrogens is 2. The number of hydrogen-bond acceptors (Lipinski definition) is 4. The maximum Gasteiger partial charge on any atom is 0.321 e. The second kappa shape index (κ2) is 8.24. The highest BCUT2D eigenvalue weighted by molar-refractivity contribution is 6.02. The van der Waals surface area contributed by atoms with Crippen LogP contribution in [0.25, 0.3) is 27.7 Å². The Kier molecular flexibility index (Phi) is 5.47. The average molecular weight is 463 g/mol. The van der Waals surface area contributed by atoms with E-state index in [0.717, 1.165) is 52.8 Å². The Bertz CT molecular complexity index is 1300. The lowest BCUT2D eigenvalue weighted by atomic mass is 9.84. The largest absolute Gasteiger partial charge is 0.480 e. The molecule has 1 unspecified atom stereocenters. The Balaban J connectivity index is 1.50. The molecule has 0 radical (unpaired) electrons. The van der Waals surface area contributed by atoms with Gasteiger partial charge in [-0.15, -0.1) is 0 Å². The summed E-state index contributed by atoms with van der Waals surface area (Å²) in [5.74, 6) is -1.06. The SMILES string of the molecule is CN1Cc2c(C3=CCC(N[C@H](C(=O)O)C(C)(C)C)CC3)[nH]c3nccc(c23)-c2cc(F)ccc21. The van der Waals surface area contributed by atoms with E-state index in [2.05, 4.69) is 26.3 Å². The van der Waals surface area contributed by atoms with E-state index in [-0.39, 0.29) is 17.3 Å². The zero-order valence-corrected chi connectivity index (χ0v) is 20.1. The molecule has 0 fully saturated rings. The molecule has 34 heavy (non-hydrogen) atoms. The number of rotatable bonds is 4. The summed E-state index contributed by atoms with van der Waals surface area (Å²) in [5.41, 5.74) is 6.80. The fraction of sp³-hybridized carbons (Fsp3) is 0.407. The summed E-state index contributed by atoms with van der Waals surface area (Å²) in [5, 5.41) is 14.1. The van der Waals surface area contributed by atoms with Crippen molar-refractivity contribution in [2.24, 2.45) is 5.41 Å². The maximum atomic E-state index is 14.2. The number of halogens is 1. The van der Waals surface area contributed by atoms with Gasteiger partial charge in [-0.25, -0.2) is 9.37 Å². The number of fused-ring (bicyclic) bond motifs is 2. The Morgan fingerprint density at radius 3 is 2.76 bits per heavy atom. The molecule has 1 aromatic carbocycles. The van der Waals surface area contributed by atoms with Crippen LogP contribution in [0.5, 0.6) is 0 Å². The van der Waals surface area contributed by atoms with E-state index in [9.17, 15) is 14.3 Å². The zero-order chi connectivity index (χ0) is 24.2. The zero-order valence-electron chi connectivity index (χ0n) is 20.1. The molecule has 178 valence electrons. The highest BCUT2D eigenvalue weighted by Gasteiger charge is 2.34. The van der Waals surface area contributed by atoms with E-state index in [4.69, 9.17) is 0 Å². The van der Waals surface area contributed by atoms with Crippen LogP contribution in [0.15, 0.2) is 36.5 Å². The summed E-state index contributed by atoms with van der Waals surface area (Å²) >= 11 is 0. The summed E-state index contributed by atoms with van der Waals surface area (Å²) in [7, 11) is 2.03.